The van der Waals surface area contributed by atoms with Crippen molar-refractivity contribution in [3.63, 3.8) is 0 Å². The first kappa shape index (κ1) is 56.3. The number of amides is 1. The van der Waals surface area contributed by atoms with Crippen LogP contribution in [-0.2, 0) is 14.3 Å². The number of unbranched alkanes of at least 4 members (excludes halogenated alkanes) is 32. The molecule has 0 fully saturated rings. The summed E-state index contributed by atoms with van der Waals surface area (Å²) in [6, 6.07) is -0.562. The number of carbonyl (C=O) groups excluding carboxylic acids is 2. The monoisotopic (exact) mass is 818 g/mol. The average molecular weight is 818 g/mol. The normalized spacial score (nSPS) is 12.8. The van der Waals surface area contributed by atoms with Gasteiger partial charge in [-0.05, 0) is 57.8 Å². The third-order valence-corrected chi connectivity index (χ3v) is 11.8. The Morgan fingerprint density at radius 3 is 1.33 bits per heavy atom. The molecule has 0 aliphatic heterocycles. The van der Waals surface area contributed by atoms with Gasteiger partial charge in [0.25, 0.3) is 0 Å². The molecule has 0 saturated heterocycles. The molecule has 0 aromatic rings. The first-order valence-electron chi connectivity index (χ1n) is 25.6. The van der Waals surface area contributed by atoms with Crippen molar-refractivity contribution in [2.24, 2.45) is 0 Å². The van der Waals surface area contributed by atoms with Crippen molar-refractivity contribution in [2.75, 3.05) is 13.2 Å². The van der Waals surface area contributed by atoms with Crippen LogP contribution in [0.4, 0.5) is 0 Å². The molecule has 0 aliphatic rings. The predicted octanol–water partition coefficient (Wildman–Crippen LogP) is 15.1. The molecule has 0 spiro atoms. The summed E-state index contributed by atoms with van der Waals surface area (Å²) in [6.45, 7) is 4.87. The molecular formula is C52H99NO5. The third-order valence-electron chi connectivity index (χ3n) is 11.8. The standard InChI is InChI=1S/C52H99NO5/c1-3-5-7-9-11-13-15-17-19-21-23-25-28-32-36-40-44-50(55)49(48-54)53-51(56)45-41-37-33-29-27-31-35-39-43-47-58-52(57)46-42-38-34-30-26-24-22-20-18-16-14-12-10-8-6-4-2/h14,16,20,22,49-50,54-55H,3-13,15,17-19,21,23-48H2,1-2H3,(H,53,56)/b16-14-,22-20-. The van der Waals surface area contributed by atoms with Crippen molar-refractivity contribution < 1.29 is 24.5 Å². The summed E-state index contributed by atoms with van der Waals surface area (Å²) in [5.41, 5.74) is 0. The second-order valence-electron chi connectivity index (χ2n) is 17.5. The van der Waals surface area contributed by atoms with Crippen LogP contribution in [-0.4, -0.2) is 47.4 Å². The molecule has 342 valence electrons. The highest BCUT2D eigenvalue weighted by Gasteiger charge is 2.20. The topological polar surface area (TPSA) is 95.9 Å². The lowest BCUT2D eigenvalue weighted by atomic mass is 10.0. The lowest BCUT2D eigenvalue weighted by Crippen LogP contribution is -2.45. The van der Waals surface area contributed by atoms with E-state index in [-0.39, 0.29) is 18.5 Å². The van der Waals surface area contributed by atoms with Crippen LogP contribution in [0.3, 0.4) is 0 Å². The summed E-state index contributed by atoms with van der Waals surface area (Å²) in [4.78, 5) is 24.5. The summed E-state index contributed by atoms with van der Waals surface area (Å²) in [6.07, 6.45) is 55.7. The first-order chi connectivity index (χ1) is 28.5. The lowest BCUT2D eigenvalue weighted by molar-refractivity contribution is -0.143. The van der Waals surface area contributed by atoms with Crippen LogP contribution in [0.25, 0.3) is 0 Å². The van der Waals surface area contributed by atoms with Gasteiger partial charge in [0.05, 0.1) is 25.4 Å². The van der Waals surface area contributed by atoms with E-state index in [1.807, 2.05) is 0 Å². The van der Waals surface area contributed by atoms with Gasteiger partial charge in [0, 0.05) is 12.8 Å². The number of hydrogen-bond donors (Lipinski definition) is 3. The number of allylic oxidation sites excluding steroid dienone is 4. The summed E-state index contributed by atoms with van der Waals surface area (Å²) in [5.74, 6) is -0.101. The van der Waals surface area contributed by atoms with E-state index >= 15 is 0 Å². The number of hydrogen-bond acceptors (Lipinski definition) is 5. The fourth-order valence-electron chi connectivity index (χ4n) is 7.79. The number of rotatable bonds is 47. The Hall–Kier alpha value is -1.66. The van der Waals surface area contributed by atoms with Crippen molar-refractivity contribution in [3.8, 4) is 0 Å². The minimum Gasteiger partial charge on any atom is -0.466 e. The zero-order chi connectivity index (χ0) is 42.3. The molecule has 3 N–H and O–H groups in total. The van der Waals surface area contributed by atoms with Crippen molar-refractivity contribution >= 4 is 11.9 Å². The Bertz CT molecular complexity index is 904. The highest BCUT2D eigenvalue weighted by Crippen LogP contribution is 2.16. The van der Waals surface area contributed by atoms with Crippen molar-refractivity contribution in [3.05, 3.63) is 24.3 Å². The molecule has 0 aliphatic carbocycles. The maximum absolute atomic E-state index is 12.4. The van der Waals surface area contributed by atoms with Gasteiger partial charge in [-0.1, -0.05) is 224 Å². The van der Waals surface area contributed by atoms with Crippen molar-refractivity contribution in [1.82, 2.24) is 5.32 Å². The van der Waals surface area contributed by atoms with E-state index < -0.39 is 12.1 Å². The van der Waals surface area contributed by atoms with Crippen LogP contribution in [0.5, 0.6) is 0 Å². The summed E-state index contributed by atoms with van der Waals surface area (Å²) in [7, 11) is 0. The van der Waals surface area contributed by atoms with Crippen molar-refractivity contribution in [1.29, 1.82) is 0 Å². The van der Waals surface area contributed by atoms with E-state index in [1.165, 1.54) is 167 Å². The lowest BCUT2D eigenvalue weighted by Gasteiger charge is -2.22. The van der Waals surface area contributed by atoms with Crippen LogP contribution >= 0.6 is 0 Å². The summed E-state index contributed by atoms with van der Waals surface area (Å²) < 4.78 is 5.45. The van der Waals surface area contributed by atoms with Crippen molar-refractivity contribution in [2.45, 2.75) is 283 Å². The Morgan fingerprint density at radius 2 is 0.862 bits per heavy atom. The summed E-state index contributed by atoms with van der Waals surface area (Å²) >= 11 is 0. The number of ether oxygens (including phenoxy) is 1. The van der Waals surface area contributed by atoms with Gasteiger partial charge in [-0.3, -0.25) is 9.59 Å². The second-order valence-corrected chi connectivity index (χ2v) is 17.5. The number of nitrogens with one attached hydrogen (secondary N) is 1. The van der Waals surface area contributed by atoms with E-state index in [0.29, 0.717) is 25.9 Å². The zero-order valence-electron chi connectivity index (χ0n) is 38.8. The average Bonchev–Trinajstić information content (AvgIpc) is 3.22. The minimum absolute atomic E-state index is 0.0383. The number of esters is 1. The fourth-order valence-corrected chi connectivity index (χ4v) is 7.79. The van der Waals surface area contributed by atoms with Crippen LogP contribution in [0.2, 0.25) is 0 Å². The molecule has 1 amide bonds. The van der Waals surface area contributed by atoms with E-state index in [0.717, 1.165) is 70.6 Å². The number of aliphatic hydroxyl groups is 2. The Labute approximate surface area is 361 Å². The minimum atomic E-state index is -0.682. The van der Waals surface area contributed by atoms with Crippen LogP contribution < -0.4 is 5.32 Å². The predicted molar refractivity (Wildman–Crippen MR) is 250 cm³/mol. The SMILES string of the molecule is CCCCCC/C=C\C/C=C\CCCCCCCC(=O)OCCCCCCCCCCCC(=O)NC(CO)C(O)CCCCCCCCCCCCCCCCCC. The number of aliphatic hydroxyl groups excluding tert-OH is 2. The van der Waals surface area contributed by atoms with Gasteiger partial charge in [0.1, 0.15) is 0 Å². The molecule has 2 atom stereocenters. The summed E-state index contributed by atoms with van der Waals surface area (Å²) in [5, 5.41) is 23.2. The van der Waals surface area contributed by atoms with Crippen LogP contribution in [0, 0.1) is 0 Å². The molecule has 58 heavy (non-hydrogen) atoms. The molecular weight excluding hydrogens is 719 g/mol. The van der Waals surface area contributed by atoms with Crippen LogP contribution in [0.15, 0.2) is 24.3 Å². The molecule has 6 nitrogen and oxygen atoms in total. The molecule has 0 aromatic heterocycles. The molecule has 0 heterocycles. The Balaban J connectivity index is 3.50. The fraction of sp³-hybridized carbons (Fsp3) is 0.885. The molecule has 0 saturated carbocycles. The molecule has 0 rings (SSSR count). The van der Waals surface area contributed by atoms with Gasteiger partial charge in [-0.25, -0.2) is 0 Å². The Kier molecular flexibility index (Phi) is 46.6. The largest absolute Gasteiger partial charge is 0.466 e. The molecule has 0 bridgehead atoms. The Morgan fingerprint density at radius 1 is 0.483 bits per heavy atom. The molecule has 0 aromatic carbocycles. The van der Waals surface area contributed by atoms with E-state index in [1.54, 1.807) is 0 Å². The highest BCUT2D eigenvalue weighted by atomic mass is 16.5. The van der Waals surface area contributed by atoms with Crippen LogP contribution in [0.1, 0.15) is 271 Å². The van der Waals surface area contributed by atoms with E-state index in [9.17, 15) is 19.8 Å². The smallest absolute Gasteiger partial charge is 0.305 e. The van der Waals surface area contributed by atoms with Gasteiger partial charge in [-0.2, -0.15) is 0 Å². The zero-order valence-corrected chi connectivity index (χ0v) is 38.8. The maximum Gasteiger partial charge on any atom is 0.305 e. The van der Waals surface area contributed by atoms with Gasteiger partial charge < -0.3 is 20.3 Å². The third kappa shape index (κ3) is 43.9. The highest BCUT2D eigenvalue weighted by molar-refractivity contribution is 5.76. The molecule has 2 unspecified atom stereocenters. The maximum atomic E-state index is 12.4. The van der Waals surface area contributed by atoms with Gasteiger partial charge in [0.15, 0.2) is 0 Å². The quantitative estimate of drug-likeness (QED) is 0.0323. The van der Waals surface area contributed by atoms with Gasteiger partial charge in [0.2, 0.25) is 5.91 Å². The molecule has 0 radical (unpaired) electrons. The molecule has 6 heteroatoms. The van der Waals surface area contributed by atoms with Gasteiger partial charge in [-0.15, -0.1) is 0 Å². The number of carbonyl (C=O) groups is 2. The van der Waals surface area contributed by atoms with E-state index in [2.05, 4.69) is 43.5 Å². The second kappa shape index (κ2) is 48.0. The first-order valence-corrected chi connectivity index (χ1v) is 25.6. The van der Waals surface area contributed by atoms with Gasteiger partial charge >= 0.3 is 5.97 Å². The van der Waals surface area contributed by atoms with E-state index in [4.69, 9.17) is 4.74 Å².